The highest BCUT2D eigenvalue weighted by Crippen LogP contribution is 2.18. The molecular weight excluding hydrogens is 321 g/mol. The maximum absolute atomic E-state index is 13.3. The Bertz CT molecular complexity index is 688. The van der Waals surface area contributed by atoms with E-state index in [0.29, 0.717) is 6.61 Å². The van der Waals surface area contributed by atoms with E-state index in [1.54, 1.807) is 13.2 Å². The van der Waals surface area contributed by atoms with E-state index in [0.717, 1.165) is 44.1 Å². The van der Waals surface area contributed by atoms with Gasteiger partial charge in [-0.15, -0.1) is 0 Å². The van der Waals surface area contributed by atoms with Crippen LogP contribution in [0.1, 0.15) is 18.4 Å². The van der Waals surface area contributed by atoms with Crippen molar-refractivity contribution in [2.75, 3.05) is 33.4 Å². The van der Waals surface area contributed by atoms with Crippen LogP contribution >= 0.6 is 0 Å². The Morgan fingerprint density at radius 2 is 2.30 bits per heavy atom. The number of rotatable bonds is 7. The van der Waals surface area contributed by atoms with E-state index < -0.39 is 15.8 Å². The van der Waals surface area contributed by atoms with Crippen molar-refractivity contribution in [3.63, 3.8) is 0 Å². The molecule has 0 radical (unpaired) electrons. The molecule has 0 aliphatic carbocycles. The van der Waals surface area contributed by atoms with Crippen LogP contribution in [-0.4, -0.2) is 52.7 Å². The standard InChI is InChI=1S/C15H20FN3O3S/c1-22-8-7-19-6-2-3-13(19)11-18-23(20,21)14-4-5-15(16)12(9-14)10-17/h4-5,9,13,18H,2-3,6-8,11H2,1H3/t13-/m0/s1. The number of hydrogen-bond donors (Lipinski definition) is 1. The molecule has 1 heterocycles. The normalized spacial score (nSPS) is 18.9. The molecular formula is C15H20FN3O3S. The van der Waals surface area contributed by atoms with Gasteiger partial charge in [-0.1, -0.05) is 0 Å². The summed E-state index contributed by atoms with van der Waals surface area (Å²) in [5.41, 5.74) is -0.282. The maximum Gasteiger partial charge on any atom is 0.240 e. The molecule has 8 heteroatoms. The molecule has 0 saturated carbocycles. The summed E-state index contributed by atoms with van der Waals surface area (Å²) >= 11 is 0. The van der Waals surface area contributed by atoms with Gasteiger partial charge in [0.15, 0.2) is 0 Å². The van der Waals surface area contributed by atoms with Crippen LogP contribution in [-0.2, 0) is 14.8 Å². The van der Waals surface area contributed by atoms with Gasteiger partial charge in [-0.05, 0) is 37.6 Å². The van der Waals surface area contributed by atoms with Gasteiger partial charge in [0, 0.05) is 26.2 Å². The van der Waals surface area contributed by atoms with Crippen LogP contribution < -0.4 is 4.72 Å². The van der Waals surface area contributed by atoms with Gasteiger partial charge in [0.1, 0.15) is 11.9 Å². The largest absolute Gasteiger partial charge is 0.383 e. The molecule has 1 aromatic carbocycles. The second-order valence-electron chi connectivity index (χ2n) is 5.43. The van der Waals surface area contributed by atoms with Crippen molar-refractivity contribution in [1.82, 2.24) is 9.62 Å². The molecule has 1 aromatic rings. The van der Waals surface area contributed by atoms with E-state index in [2.05, 4.69) is 9.62 Å². The van der Waals surface area contributed by atoms with Gasteiger partial charge in [-0.25, -0.2) is 17.5 Å². The van der Waals surface area contributed by atoms with Crippen molar-refractivity contribution in [3.05, 3.63) is 29.6 Å². The third-order valence-electron chi connectivity index (χ3n) is 3.96. The Hall–Kier alpha value is -1.53. The highest BCUT2D eigenvalue weighted by Gasteiger charge is 2.26. The SMILES string of the molecule is COCCN1CCC[C@H]1CNS(=O)(=O)c1ccc(F)c(C#N)c1. The quantitative estimate of drug-likeness (QED) is 0.803. The average molecular weight is 341 g/mol. The second kappa shape index (κ2) is 7.84. The van der Waals surface area contributed by atoms with Gasteiger partial charge in [0.05, 0.1) is 17.1 Å². The summed E-state index contributed by atoms with van der Waals surface area (Å²) in [6, 6.07) is 4.97. The minimum absolute atomic E-state index is 0.100. The van der Waals surface area contributed by atoms with Crippen molar-refractivity contribution < 1.29 is 17.5 Å². The number of nitriles is 1. The lowest BCUT2D eigenvalue weighted by atomic mass is 10.2. The highest BCUT2D eigenvalue weighted by atomic mass is 32.2. The lowest BCUT2D eigenvalue weighted by Crippen LogP contribution is -2.41. The smallest absolute Gasteiger partial charge is 0.240 e. The fourth-order valence-electron chi connectivity index (χ4n) is 2.68. The first-order valence-electron chi connectivity index (χ1n) is 7.40. The average Bonchev–Trinajstić information content (AvgIpc) is 2.98. The van der Waals surface area contributed by atoms with Gasteiger partial charge in [-0.2, -0.15) is 5.26 Å². The third-order valence-corrected chi connectivity index (χ3v) is 5.38. The fraction of sp³-hybridized carbons (Fsp3) is 0.533. The first kappa shape index (κ1) is 17.8. The zero-order valence-corrected chi connectivity index (χ0v) is 13.8. The van der Waals surface area contributed by atoms with Crippen molar-refractivity contribution in [2.45, 2.75) is 23.8 Å². The molecule has 1 N–H and O–H groups in total. The summed E-state index contributed by atoms with van der Waals surface area (Å²) in [5.74, 6) is -0.729. The summed E-state index contributed by atoms with van der Waals surface area (Å²) in [7, 11) is -2.13. The van der Waals surface area contributed by atoms with Gasteiger partial charge in [0.25, 0.3) is 0 Å². The molecule has 6 nitrogen and oxygen atoms in total. The number of sulfonamides is 1. The van der Waals surface area contributed by atoms with E-state index in [4.69, 9.17) is 10.00 Å². The monoisotopic (exact) mass is 341 g/mol. The third kappa shape index (κ3) is 4.48. The molecule has 0 unspecified atom stereocenters. The molecule has 126 valence electrons. The second-order valence-corrected chi connectivity index (χ2v) is 7.20. The zero-order chi connectivity index (χ0) is 16.9. The highest BCUT2D eigenvalue weighted by molar-refractivity contribution is 7.89. The lowest BCUT2D eigenvalue weighted by Gasteiger charge is -2.24. The number of halogens is 1. The predicted molar refractivity (Wildman–Crippen MR) is 82.8 cm³/mol. The Kier molecular flexibility index (Phi) is 6.07. The van der Waals surface area contributed by atoms with Gasteiger partial charge in [-0.3, -0.25) is 4.90 Å². The molecule has 1 aliphatic heterocycles. The Morgan fingerprint density at radius 3 is 3.00 bits per heavy atom. The predicted octanol–water partition coefficient (Wildman–Crippen LogP) is 1.09. The molecule has 1 saturated heterocycles. The van der Waals surface area contributed by atoms with Gasteiger partial charge in [0.2, 0.25) is 10.0 Å². The number of nitrogens with one attached hydrogen (secondary N) is 1. The molecule has 0 amide bonds. The molecule has 2 rings (SSSR count). The lowest BCUT2D eigenvalue weighted by molar-refractivity contribution is 0.141. The van der Waals surface area contributed by atoms with Crippen LogP contribution in [0.3, 0.4) is 0 Å². The fourth-order valence-corrected chi connectivity index (χ4v) is 3.77. The van der Waals surface area contributed by atoms with Crippen LogP contribution in [0.5, 0.6) is 0 Å². The molecule has 0 bridgehead atoms. The Morgan fingerprint density at radius 1 is 1.52 bits per heavy atom. The van der Waals surface area contributed by atoms with E-state index in [1.165, 1.54) is 0 Å². The molecule has 23 heavy (non-hydrogen) atoms. The summed E-state index contributed by atoms with van der Waals surface area (Å²) < 4.78 is 45.5. The minimum Gasteiger partial charge on any atom is -0.383 e. The maximum atomic E-state index is 13.3. The number of likely N-dealkylation sites (tertiary alicyclic amines) is 1. The van der Waals surface area contributed by atoms with Gasteiger partial charge < -0.3 is 4.74 Å². The van der Waals surface area contributed by atoms with Crippen molar-refractivity contribution >= 4 is 10.0 Å². The van der Waals surface area contributed by atoms with Crippen LogP contribution in [0.2, 0.25) is 0 Å². The van der Waals surface area contributed by atoms with E-state index >= 15 is 0 Å². The van der Waals surface area contributed by atoms with E-state index in [-0.39, 0.29) is 23.0 Å². The Balaban J connectivity index is 2.03. The van der Waals surface area contributed by atoms with Crippen LogP contribution in [0.15, 0.2) is 23.1 Å². The first-order chi connectivity index (χ1) is 11.0. The summed E-state index contributed by atoms with van der Waals surface area (Å²) in [6.45, 7) is 2.57. The molecule has 1 atom stereocenters. The van der Waals surface area contributed by atoms with Crippen LogP contribution in [0.25, 0.3) is 0 Å². The number of methoxy groups -OCH3 is 1. The summed E-state index contributed by atoms with van der Waals surface area (Å²) in [4.78, 5) is 2.09. The van der Waals surface area contributed by atoms with Crippen molar-refractivity contribution in [2.24, 2.45) is 0 Å². The topological polar surface area (TPSA) is 82.4 Å². The number of hydrogen-bond acceptors (Lipinski definition) is 5. The Labute approximate surface area is 135 Å². The van der Waals surface area contributed by atoms with Crippen molar-refractivity contribution in [3.8, 4) is 6.07 Å². The minimum atomic E-state index is -3.77. The molecule has 0 aromatic heterocycles. The zero-order valence-electron chi connectivity index (χ0n) is 13.0. The van der Waals surface area contributed by atoms with Gasteiger partial charge >= 0.3 is 0 Å². The van der Waals surface area contributed by atoms with E-state index in [1.807, 2.05) is 0 Å². The first-order valence-corrected chi connectivity index (χ1v) is 8.88. The van der Waals surface area contributed by atoms with Crippen LogP contribution in [0, 0.1) is 17.1 Å². The molecule has 1 aliphatic rings. The number of ether oxygens (including phenoxy) is 1. The summed E-state index contributed by atoms with van der Waals surface area (Å²) in [5, 5.41) is 8.80. The van der Waals surface area contributed by atoms with E-state index in [9.17, 15) is 12.8 Å². The van der Waals surface area contributed by atoms with Crippen molar-refractivity contribution in [1.29, 1.82) is 5.26 Å². The number of nitrogens with zero attached hydrogens (tertiary/aromatic N) is 2. The molecule has 0 spiro atoms. The summed E-state index contributed by atoms with van der Waals surface area (Å²) in [6.07, 6.45) is 1.93. The molecule has 1 fully saturated rings. The number of benzene rings is 1. The van der Waals surface area contributed by atoms with Crippen LogP contribution in [0.4, 0.5) is 4.39 Å².